The second-order valence-corrected chi connectivity index (χ2v) is 7.46. The molecule has 0 heterocycles. The molecule has 2 aromatic carbocycles. The normalized spacial score (nSPS) is 12.9. The number of hydrogen-bond donors (Lipinski definition) is 2. The van der Waals surface area contributed by atoms with Gasteiger partial charge in [-0.25, -0.2) is 0 Å². The van der Waals surface area contributed by atoms with Gasteiger partial charge in [0.15, 0.2) is 0 Å². The minimum atomic E-state index is -0.154. The van der Waals surface area contributed by atoms with Crippen LogP contribution in [0.2, 0.25) is 0 Å². The molecule has 2 atom stereocenters. The van der Waals surface area contributed by atoms with Crippen molar-refractivity contribution in [3.8, 4) is 0 Å². The second-order valence-electron chi connectivity index (χ2n) is 7.46. The summed E-state index contributed by atoms with van der Waals surface area (Å²) in [6.45, 7) is 8.69. The van der Waals surface area contributed by atoms with Crippen LogP contribution in [0.25, 0.3) is 0 Å². The number of carbonyl (C=O) groups is 2. The van der Waals surface area contributed by atoms with Crippen molar-refractivity contribution in [3.05, 3.63) is 59.7 Å². The molecule has 4 nitrogen and oxygen atoms in total. The molecule has 2 N–H and O–H groups in total. The van der Waals surface area contributed by atoms with Crippen LogP contribution in [-0.4, -0.2) is 11.8 Å². The average molecular weight is 381 g/mol. The van der Waals surface area contributed by atoms with Gasteiger partial charge < -0.3 is 10.6 Å². The second kappa shape index (κ2) is 10.6. The molecule has 2 rings (SSSR count). The van der Waals surface area contributed by atoms with Crippen LogP contribution in [0.5, 0.6) is 0 Å². The van der Waals surface area contributed by atoms with Gasteiger partial charge in [-0.05, 0) is 60.1 Å². The van der Waals surface area contributed by atoms with Gasteiger partial charge in [0, 0.05) is 24.2 Å². The molecule has 0 aliphatic heterocycles. The fraction of sp³-hybridized carbons (Fsp3) is 0.417. The topological polar surface area (TPSA) is 58.2 Å². The maximum Gasteiger partial charge on any atom is 0.224 e. The monoisotopic (exact) mass is 380 g/mol. The summed E-state index contributed by atoms with van der Waals surface area (Å²) in [7, 11) is 0. The van der Waals surface area contributed by atoms with Crippen LogP contribution in [0, 0.1) is 0 Å². The fourth-order valence-electron chi connectivity index (χ4n) is 2.94. The van der Waals surface area contributed by atoms with Crippen LogP contribution >= 0.6 is 0 Å². The molecule has 4 heteroatoms. The quantitative estimate of drug-likeness (QED) is 0.554. The molecule has 0 spiro atoms. The number of benzene rings is 2. The van der Waals surface area contributed by atoms with Crippen LogP contribution in [0.15, 0.2) is 48.5 Å². The summed E-state index contributed by atoms with van der Waals surface area (Å²) in [5.41, 5.74) is 4.05. The highest BCUT2D eigenvalue weighted by Gasteiger charge is 2.09. The summed E-state index contributed by atoms with van der Waals surface area (Å²) in [6, 6.07) is 15.8. The zero-order valence-corrected chi connectivity index (χ0v) is 17.4. The Morgan fingerprint density at radius 1 is 0.679 bits per heavy atom. The molecule has 2 aromatic rings. The third-order valence-electron chi connectivity index (χ3n) is 5.33. The van der Waals surface area contributed by atoms with E-state index in [0.717, 1.165) is 24.2 Å². The van der Waals surface area contributed by atoms with Gasteiger partial charge in [0.1, 0.15) is 0 Å². The van der Waals surface area contributed by atoms with Crippen molar-refractivity contribution in [2.75, 3.05) is 10.6 Å². The highest BCUT2D eigenvalue weighted by molar-refractivity contribution is 5.96. The first-order chi connectivity index (χ1) is 13.4. The predicted molar refractivity (Wildman–Crippen MR) is 117 cm³/mol. The Bertz CT molecular complexity index is 699. The molecule has 2 unspecified atom stereocenters. The Hall–Kier alpha value is -2.62. The third kappa shape index (κ3) is 6.52. The van der Waals surface area contributed by atoms with Crippen molar-refractivity contribution in [2.24, 2.45) is 0 Å². The van der Waals surface area contributed by atoms with E-state index in [-0.39, 0.29) is 24.7 Å². The third-order valence-corrected chi connectivity index (χ3v) is 5.33. The molecule has 0 bridgehead atoms. The lowest BCUT2D eigenvalue weighted by Gasteiger charge is -2.11. The summed E-state index contributed by atoms with van der Waals surface area (Å²) in [5.74, 6) is 0.706. The van der Waals surface area contributed by atoms with E-state index in [4.69, 9.17) is 0 Å². The zero-order valence-electron chi connectivity index (χ0n) is 17.4. The number of hydrogen-bond acceptors (Lipinski definition) is 2. The van der Waals surface area contributed by atoms with Gasteiger partial charge in [-0.3, -0.25) is 9.59 Å². The number of carbonyl (C=O) groups excluding carboxylic acids is 2. The van der Waals surface area contributed by atoms with Crippen LogP contribution in [0.1, 0.15) is 76.3 Å². The van der Waals surface area contributed by atoms with E-state index >= 15 is 0 Å². The fourth-order valence-corrected chi connectivity index (χ4v) is 2.94. The highest BCUT2D eigenvalue weighted by atomic mass is 16.2. The summed E-state index contributed by atoms with van der Waals surface area (Å²) in [6.07, 6.45) is 2.48. The van der Waals surface area contributed by atoms with Gasteiger partial charge in [0.2, 0.25) is 11.8 Å². The van der Waals surface area contributed by atoms with E-state index in [1.807, 2.05) is 48.5 Å². The van der Waals surface area contributed by atoms with E-state index in [2.05, 4.69) is 38.3 Å². The maximum atomic E-state index is 12.1. The van der Waals surface area contributed by atoms with E-state index in [9.17, 15) is 9.59 Å². The minimum Gasteiger partial charge on any atom is -0.326 e. The Labute approximate surface area is 168 Å². The van der Waals surface area contributed by atoms with Gasteiger partial charge >= 0.3 is 0 Å². The van der Waals surface area contributed by atoms with E-state index in [0.29, 0.717) is 11.8 Å². The van der Waals surface area contributed by atoms with Gasteiger partial charge in [-0.2, -0.15) is 0 Å². The molecule has 0 saturated heterocycles. The first kappa shape index (κ1) is 21.7. The standard InChI is InChI=1S/C24H32N2O2/c1-5-17(3)19-7-11-21(12-8-19)25-23(27)15-16-24(28)26-22-13-9-20(10-14-22)18(4)6-2/h7-14,17-18H,5-6,15-16H2,1-4H3,(H,25,27)(H,26,28). The minimum absolute atomic E-state index is 0.154. The van der Waals surface area contributed by atoms with Gasteiger partial charge in [-0.15, -0.1) is 0 Å². The Morgan fingerprint density at radius 2 is 1.00 bits per heavy atom. The van der Waals surface area contributed by atoms with E-state index in [1.165, 1.54) is 11.1 Å². The summed E-state index contributed by atoms with van der Waals surface area (Å²) >= 11 is 0. The Kier molecular flexibility index (Phi) is 8.24. The predicted octanol–water partition coefficient (Wildman–Crippen LogP) is 6.07. The largest absolute Gasteiger partial charge is 0.326 e. The maximum absolute atomic E-state index is 12.1. The molecule has 0 saturated carbocycles. The number of anilines is 2. The van der Waals surface area contributed by atoms with Crippen LogP contribution in [0.3, 0.4) is 0 Å². The molecule has 0 aromatic heterocycles. The first-order valence-electron chi connectivity index (χ1n) is 10.2. The van der Waals surface area contributed by atoms with Crippen LogP contribution < -0.4 is 10.6 Å². The van der Waals surface area contributed by atoms with Crippen LogP contribution in [0.4, 0.5) is 11.4 Å². The van der Waals surface area contributed by atoms with E-state index in [1.54, 1.807) is 0 Å². The molecular formula is C24H32N2O2. The van der Waals surface area contributed by atoms with Crippen molar-refractivity contribution in [1.29, 1.82) is 0 Å². The molecule has 0 aliphatic rings. The lowest BCUT2D eigenvalue weighted by molar-refractivity contribution is -0.121. The first-order valence-corrected chi connectivity index (χ1v) is 10.2. The van der Waals surface area contributed by atoms with Crippen molar-refractivity contribution < 1.29 is 9.59 Å². The highest BCUT2D eigenvalue weighted by Crippen LogP contribution is 2.21. The zero-order chi connectivity index (χ0) is 20.5. The van der Waals surface area contributed by atoms with E-state index < -0.39 is 0 Å². The van der Waals surface area contributed by atoms with Crippen molar-refractivity contribution in [3.63, 3.8) is 0 Å². The van der Waals surface area contributed by atoms with Crippen molar-refractivity contribution in [2.45, 2.75) is 65.2 Å². The smallest absolute Gasteiger partial charge is 0.224 e. The molecule has 2 amide bonds. The average Bonchev–Trinajstić information content (AvgIpc) is 2.72. The van der Waals surface area contributed by atoms with Gasteiger partial charge in [-0.1, -0.05) is 52.0 Å². The number of rotatable bonds is 9. The summed E-state index contributed by atoms with van der Waals surface area (Å²) in [5, 5.41) is 5.71. The molecule has 0 aliphatic carbocycles. The lowest BCUT2D eigenvalue weighted by atomic mass is 9.98. The van der Waals surface area contributed by atoms with Gasteiger partial charge in [0.25, 0.3) is 0 Å². The molecule has 0 radical (unpaired) electrons. The SMILES string of the molecule is CCC(C)c1ccc(NC(=O)CCC(=O)Nc2ccc(C(C)CC)cc2)cc1. The summed E-state index contributed by atoms with van der Waals surface area (Å²) < 4.78 is 0. The Balaban J connectivity index is 1.78. The molecular weight excluding hydrogens is 348 g/mol. The van der Waals surface area contributed by atoms with Gasteiger partial charge in [0.05, 0.1) is 0 Å². The number of amides is 2. The summed E-state index contributed by atoms with van der Waals surface area (Å²) in [4.78, 5) is 24.2. The van der Waals surface area contributed by atoms with Crippen molar-refractivity contribution in [1.82, 2.24) is 0 Å². The van der Waals surface area contributed by atoms with Crippen LogP contribution in [-0.2, 0) is 9.59 Å². The number of nitrogens with one attached hydrogen (secondary N) is 2. The molecule has 28 heavy (non-hydrogen) atoms. The Morgan fingerprint density at radius 3 is 1.29 bits per heavy atom. The molecule has 150 valence electrons. The van der Waals surface area contributed by atoms with Crippen molar-refractivity contribution >= 4 is 23.2 Å². The molecule has 0 fully saturated rings. The lowest BCUT2D eigenvalue weighted by Crippen LogP contribution is -2.17.